The van der Waals surface area contributed by atoms with Gasteiger partial charge in [0.15, 0.2) is 11.5 Å². The molecule has 2 atom stereocenters. The second-order valence-corrected chi connectivity index (χ2v) is 9.17. The van der Waals surface area contributed by atoms with Crippen LogP contribution >= 0.6 is 0 Å². The van der Waals surface area contributed by atoms with Crippen molar-refractivity contribution in [3.05, 3.63) is 58.7 Å². The summed E-state index contributed by atoms with van der Waals surface area (Å²) in [6.45, 7) is 4.38. The number of rotatable bonds is 3. The molecule has 0 aliphatic carbocycles. The first-order valence-corrected chi connectivity index (χ1v) is 11.5. The summed E-state index contributed by atoms with van der Waals surface area (Å²) < 4.78 is 11.1. The maximum Gasteiger partial charge on any atom is 0.254 e. The molecule has 6 heteroatoms. The van der Waals surface area contributed by atoms with E-state index in [4.69, 9.17) is 9.47 Å². The van der Waals surface area contributed by atoms with E-state index in [-0.39, 0.29) is 17.9 Å². The van der Waals surface area contributed by atoms with Crippen molar-refractivity contribution in [1.82, 2.24) is 9.80 Å². The number of hydrogen-bond acceptors (Lipinski definition) is 4. The smallest absolute Gasteiger partial charge is 0.254 e. The summed E-state index contributed by atoms with van der Waals surface area (Å²) in [5, 5.41) is 0. The number of fused-ring (bicyclic) bond motifs is 4. The van der Waals surface area contributed by atoms with Crippen LogP contribution in [0.5, 0.6) is 11.5 Å². The molecule has 3 aliphatic heterocycles. The molecule has 0 unspecified atom stereocenters. The van der Waals surface area contributed by atoms with Crippen molar-refractivity contribution in [2.24, 2.45) is 5.92 Å². The normalized spacial score (nSPS) is 22.7. The van der Waals surface area contributed by atoms with Crippen molar-refractivity contribution in [1.29, 1.82) is 0 Å². The molecule has 3 aliphatic rings. The molecular weight excluding hydrogens is 404 g/mol. The van der Waals surface area contributed by atoms with Gasteiger partial charge in [-0.05, 0) is 60.1 Å². The van der Waals surface area contributed by atoms with Crippen LogP contribution in [-0.2, 0) is 11.2 Å². The van der Waals surface area contributed by atoms with E-state index in [1.54, 1.807) is 14.2 Å². The number of carbonyl (C=O) groups is 2. The van der Waals surface area contributed by atoms with E-state index in [1.165, 1.54) is 0 Å². The minimum absolute atomic E-state index is 0.00218. The third-order valence-corrected chi connectivity index (χ3v) is 7.39. The summed E-state index contributed by atoms with van der Waals surface area (Å²) in [5.74, 6) is 1.64. The number of benzene rings is 2. The molecule has 2 amide bonds. The van der Waals surface area contributed by atoms with Gasteiger partial charge in [-0.1, -0.05) is 25.1 Å². The number of ether oxygens (including phenoxy) is 2. The molecule has 2 aromatic rings. The zero-order chi connectivity index (χ0) is 22.4. The van der Waals surface area contributed by atoms with E-state index in [9.17, 15) is 9.59 Å². The van der Waals surface area contributed by atoms with Crippen molar-refractivity contribution in [3.63, 3.8) is 0 Å². The minimum Gasteiger partial charge on any atom is -0.493 e. The quantitative estimate of drug-likeness (QED) is 0.737. The Morgan fingerprint density at radius 2 is 1.66 bits per heavy atom. The van der Waals surface area contributed by atoms with Crippen LogP contribution in [-0.4, -0.2) is 55.5 Å². The zero-order valence-corrected chi connectivity index (χ0v) is 19.0. The molecular formula is C26H30N2O4. The summed E-state index contributed by atoms with van der Waals surface area (Å²) >= 11 is 0. The van der Waals surface area contributed by atoms with Gasteiger partial charge in [0.1, 0.15) is 0 Å². The van der Waals surface area contributed by atoms with E-state index in [0.717, 1.165) is 49.0 Å². The fourth-order valence-corrected chi connectivity index (χ4v) is 5.55. The van der Waals surface area contributed by atoms with E-state index in [1.807, 2.05) is 46.2 Å². The summed E-state index contributed by atoms with van der Waals surface area (Å²) in [6.07, 6.45) is 2.77. The molecule has 6 nitrogen and oxygen atoms in total. The summed E-state index contributed by atoms with van der Waals surface area (Å²) in [6, 6.07) is 11.2. The largest absolute Gasteiger partial charge is 0.493 e. The average Bonchev–Trinajstić information content (AvgIpc) is 2.83. The molecule has 3 heterocycles. The first-order valence-electron chi connectivity index (χ1n) is 11.5. The maximum atomic E-state index is 14.0. The van der Waals surface area contributed by atoms with Crippen LogP contribution in [0.3, 0.4) is 0 Å². The van der Waals surface area contributed by atoms with Gasteiger partial charge in [-0.25, -0.2) is 0 Å². The lowest BCUT2D eigenvalue weighted by Gasteiger charge is -2.46. The second kappa shape index (κ2) is 8.15. The minimum atomic E-state index is -0.422. The van der Waals surface area contributed by atoms with Gasteiger partial charge in [-0.15, -0.1) is 0 Å². The summed E-state index contributed by atoms with van der Waals surface area (Å²) in [4.78, 5) is 31.4. The van der Waals surface area contributed by atoms with Crippen molar-refractivity contribution in [3.8, 4) is 11.5 Å². The lowest BCUT2D eigenvalue weighted by Crippen LogP contribution is -2.51. The number of methoxy groups -OCH3 is 2. The topological polar surface area (TPSA) is 59.1 Å². The van der Waals surface area contributed by atoms with Gasteiger partial charge >= 0.3 is 0 Å². The Morgan fingerprint density at radius 1 is 0.969 bits per heavy atom. The molecule has 0 saturated carbocycles. The number of amides is 2. The Hall–Kier alpha value is -3.02. The molecule has 0 bridgehead atoms. The third kappa shape index (κ3) is 3.24. The third-order valence-electron chi connectivity index (χ3n) is 7.39. The van der Waals surface area contributed by atoms with Gasteiger partial charge in [0.05, 0.1) is 26.2 Å². The van der Waals surface area contributed by atoms with Crippen molar-refractivity contribution in [2.75, 3.05) is 33.9 Å². The van der Waals surface area contributed by atoms with Gasteiger partial charge in [-0.3, -0.25) is 9.59 Å². The van der Waals surface area contributed by atoms with E-state index in [0.29, 0.717) is 29.5 Å². The highest BCUT2D eigenvalue weighted by Gasteiger charge is 2.47. The number of piperidine rings is 1. The van der Waals surface area contributed by atoms with Gasteiger partial charge in [0.2, 0.25) is 5.91 Å². The fourth-order valence-electron chi connectivity index (χ4n) is 5.55. The van der Waals surface area contributed by atoms with Gasteiger partial charge < -0.3 is 19.3 Å². The highest BCUT2D eigenvalue weighted by Crippen LogP contribution is 2.49. The Kier molecular flexibility index (Phi) is 5.31. The zero-order valence-electron chi connectivity index (χ0n) is 19.0. The summed E-state index contributed by atoms with van der Waals surface area (Å²) in [7, 11) is 3.24. The Balaban J connectivity index is 1.65. The first kappa shape index (κ1) is 20.9. The average molecular weight is 435 g/mol. The molecule has 2 aromatic carbocycles. The maximum absolute atomic E-state index is 14.0. The highest BCUT2D eigenvalue weighted by atomic mass is 16.5. The molecule has 0 N–H and O–H groups in total. The van der Waals surface area contributed by atoms with Gasteiger partial charge in [0, 0.05) is 25.2 Å². The molecule has 168 valence electrons. The van der Waals surface area contributed by atoms with Crippen LogP contribution in [0, 0.1) is 5.92 Å². The SMILES string of the molecule is COc1cc2c(cc1OC)[C@@H]1[C@@H](C(=O)N3CCC(C)CC3)c3ccccc3C(=O)N1CC2. The van der Waals surface area contributed by atoms with Crippen LogP contribution in [0.4, 0.5) is 0 Å². The van der Waals surface area contributed by atoms with Crippen LogP contribution in [0.25, 0.3) is 0 Å². The van der Waals surface area contributed by atoms with Crippen LogP contribution in [0.1, 0.15) is 58.8 Å². The highest BCUT2D eigenvalue weighted by molar-refractivity contribution is 6.01. The number of nitrogens with zero attached hydrogens (tertiary/aromatic N) is 2. The predicted octanol–water partition coefficient (Wildman–Crippen LogP) is 3.80. The molecule has 0 spiro atoms. The van der Waals surface area contributed by atoms with Gasteiger partial charge in [0.25, 0.3) is 5.91 Å². The number of carbonyl (C=O) groups excluding carboxylic acids is 2. The van der Waals surface area contributed by atoms with Crippen LogP contribution < -0.4 is 9.47 Å². The fraction of sp³-hybridized carbons (Fsp3) is 0.462. The van der Waals surface area contributed by atoms with E-state index < -0.39 is 5.92 Å². The standard InChI is InChI=1S/C26H30N2O4/c1-16-8-11-27(12-9-16)26(30)23-18-6-4-5-7-19(18)25(29)28-13-10-17-14-21(31-2)22(32-3)15-20(17)24(23)28/h4-7,14-16,23-24H,8-13H2,1-3H3/t23-,24+/m0/s1. The summed E-state index contributed by atoms with van der Waals surface area (Å²) in [5.41, 5.74) is 3.59. The lowest BCUT2D eigenvalue weighted by molar-refractivity contribution is -0.136. The molecule has 5 rings (SSSR count). The van der Waals surface area contributed by atoms with E-state index in [2.05, 4.69) is 6.92 Å². The number of hydrogen-bond donors (Lipinski definition) is 0. The second-order valence-electron chi connectivity index (χ2n) is 9.17. The van der Waals surface area contributed by atoms with Gasteiger partial charge in [-0.2, -0.15) is 0 Å². The monoisotopic (exact) mass is 434 g/mol. The van der Waals surface area contributed by atoms with Crippen molar-refractivity contribution in [2.45, 2.75) is 38.1 Å². The van der Waals surface area contributed by atoms with Crippen molar-refractivity contribution < 1.29 is 19.1 Å². The van der Waals surface area contributed by atoms with Crippen LogP contribution in [0.2, 0.25) is 0 Å². The molecule has 0 radical (unpaired) electrons. The Morgan fingerprint density at radius 3 is 2.38 bits per heavy atom. The number of likely N-dealkylation sites (tertiary alicyclic amines) is 1. The van der Waals surface area contributed by atoms with E-state index >= 15 is 0 Å². The van der Waals surface area contributed by atoms with Crippen molar-refractivity contribution >= 4 is 11.8 Å². The Labute approximate surface area is 189 Å². The Bertz CT molecular complexity index is 1060. The predicted molar refractivity (Wildman–Crippen MR) is 121 cm³/mol. The lowest BCUT2D eigenvalue weighted by atomic mass is 9.75. The van der Waals surface area contributed by atoms with Crippen LogP contribution in [0.15, 0.2) is 36.4 Å². The first-order chi connectivity index (χ1) is 15.5. The molecule has 1 saturated heterocycles. The molecule has 0 aromatic heterocycles. The molecule has 1 fully saturated rings. The molecule has 32 heavy (non-hydrogen) atoms.